The van der Waals surface area contributed by atoms with Crippen molar-refractivity contribution in [1.82, 2.24) is 30.6 Å². The van der Waals surface area contributed by atoms with Gasteiger partial charge in [-0.15, -0.1) is 0 Å². The second-order valence-electron chi connectivity index (χ2n) is 6.92. The number of amides is 2. The maximum absolute atomic E-state index is 12.2. The third kappa shape index (κ3) is 6.38. The number of nitrogens with zero attached hydrogens (tertiary/aromatic N) is 5. The first-order valence-corrected chi connectivity index (χ1v) is 11.4. The molecule has 2 heterocycles. The molecule has 13 nitrogen and oxygen atoms in total. The minimum absolute atomic E-state index is 0.0268. The lowest BCUT2D eigenvalue weighted by Crippen LogP contribution is -2.40. The second kappa shape index (κ2) is 11.2. The molecule has 1 unspecified atom stereocenters. The monoisotopic (exact) mass is 599 g/mol. The molecule has 34 heavy (non-hydrogen) atoms. The van der Waals surface area contributed by atoms with Gasteiger partial charge in [-0.3, -0.25) is 9.59 Å². The molecular weight excluding hydrogens is 582 g/mol. The molecule has 0 saturated carbocycles. The summed E-state index contributed by atoms with van der Waals surface area (Å²) in [6, 6.07) is 7.12. The highest BCUT2D eigenvalue weighted by Gasteiger charge is 2.25. The standard InChI is InChI=1S/C19H19Br2N7O6/c1-10-15(21)16(28(31)32)25-27(10)9-14-24-19(34-26-14)18(30)23-7-6-22-17(29)11(2)33-13-5-3-4-12(20)8-13/h3-5,8,11H,6-7,9H2,1-2H3,(H,22,29)(H,23,30). The Labute approximate surface area is 209 Å². The van der Waals surface area contributed by atoms with E-state index in [2.05, 4.69) is 57.7 Å². The van der Waals surface area contributed by atoms with Crippen LogP contribution in [0.4, 0.5) is 5.82 Å². The summed E-state index contributed by atoms with van der Waals surface area (Å²) in [4.78, 5) is 38.7. The van der Waals surface area contributed by atoms with Gasteiger partial charge in [-0.1, -0.05) is 27.2 Å². The number of carbonyl (C=O) groups is 2. The first-order chi connectivity index (χ1) is 16.2. The van der Waals surface area contributed by atoms with Crippen molar-refractivity contribution in [1.29, 1.82) is 0 Å². The predicted octanol–water partition coefficient (Wildman–Crippen LogP) is 2.37. The fraction of sp³-hybridized carbons (Fsp3) is 0.316. The van der Waals surface area contributed by atoms with Crippen LogP contribution in [0.1, 0.15) is 29.1 Å². The molecule has 0 aliphatic heterocycles. The van der Waals surface area contributed by atoms with Crippen molar-refractivity contribution in [2.24, 2.45) is 0 Å². The lowest BCUT2D eigenvalue weighted by molar-refractivity contribution is -0.390. The van der Waals surface area contributed by atoms with E-state index >= 15 is 0 Å². The molecule has 2 N–H and O–H groups in total. The summed E-state index contributed by atoms with van der Waals surface area (Å²) in [7, 11) is 0. The number of halogens is 2. The molecule has 180 valence electrons. The Morgan fingerprint density at radius 2 is 2.03 bits per heavy atom. The van der Waals surface area contributed by atoms with Crippen LogP contribution in [0, 0.1) is 17.0 Å². The minimum atomic E-state index is -0.731. The average Bonchev–Trinajstić information content (AvgIpc) is 3.37. The van der Waals surface area contributed by atoms with Crippen LogP contribution in [0.25, 0.3) is 0 Å². The molecule has 0 bridgehead atoms. The summed E-state index contributed by atoms with van der Waals surface area (Å²) in [5.74, 6) is -0.932. The number of hydrogen-bond acceptors (Lipinski definition) is 9. The molecule has 2 aromatic heterocycles. The Kier molecular flexibility index (Phi) is 8.33. The first-order valence-electron chi connectivity index (χ1n) is 9.83. The fourth-order valence-corrected chi connectivity index (χ4v) is 3.51. The van der Waals surface area contributed by atoms with E-state index in [1.807, 2.05) is 6.07 Å². The quantitative estimate of drug-likeness (QED) is 0.202. The van der Waals surface area contributed by atoms with Crippen LogP contribution < -0.4 is 15.4 Å². The van der Waals surface area contributed by atoms with Gasteiger partial charge in [-0.05, 0) is 52.9 Å². The zero-order valence-electron chi connectivity index (χ0n) is 17.9. The van der Waals surface area contributed by atoms with Gasteiger partial charge in [0.1, 0.15) is 16.8 Å². The molecule has 15 heteroatoms. The van der Waals surface area contributed by atoms with Crippen LogP contribution >= 0.6 is 31.9 Å². The van der Waals surface area contributed by atoms with Crippen LogP contribution in [0.5, 0.6) is 5.75 Å². The summed E-state index contributed by atoms with van der Waals surface area (Å²) < 4.78 is 12.9. The highest BCUT2D eigenvalue weighted by Crippen LogP contribution is 2.27. The maximum Gasteiger partial charge on any atom is 0.404 e. The summed E-state index contributed by atoms with van der Waals surface area (Å²) in [5, 5.41) is 23.8. The fourth-order valence-electron chi connectivity index (χ4n) is 2.70. The Balaban J connectivity index is 1.45. The lowest BCUT2D eigenvalue weighted by Gasteiger charge is -2.15. The van der Waals surface area contributed by atoms with Crippen molar-refractivity contribution in [3.8, 4) is 5.75 Å². The first kappa shape index (κ1) is 25.3. The Bertz CT molecular complexity index is 1210. The van der Waals surface area contributed by atoms with E-state index in [9.17, 15) is 19.7 Å². The van der Waals surface area contributed by atoms with Gasteiger partial charge in [-0.25, -0.2) is 0 Å². The normalized spacial score (nSPS) is 11.6. The van der Waals surface area contributed by atoms with Crippen molar-refractivity contribution in [3.05, 3.63) is 60.7 Å². The maximum atomic E-state index is 12.2. The van der Waals surface area contributed by atoms with E-state index in [1.54, 1.807) is 32.0 Å². The van der Waals surface area contributed by atoms with Gasteiger partial charge in [0.05, 0.1) is 10.8 Å². The smallest absolute Gasteiger partial charge is 0.404 e. The molecule has 0 fully saturated rings. The number of nitro groups is 1. The number of aromatic nitrogens is 4. The van der Waals surface area contributed by atoms with Gasteiger partial charge in [0.2, 0.25) is 0 Å². The van der Waals surface area contributed by atoms with E-state index in [4.69, 9.17) is 9.26 Å². The molecule has 1 aromatic carbocycles. The van der Waals surface area contributed by atoms with Crippen LogP contribution in [-0.2, 0) is 11.3 Å². The number of rotatable bonds is 10. The van der Waals surface area contributed by atoms with Crippen molar-refractivity contribution in [3.63, 3.8) is 0 Å². The van der Waals surface area contributed by atoms with Gasteiger partial charge in [0.25, 0.3) is 5.91 Å². The van der Waals surface area contributed by atoms with Gasteiger partial charge >= 0.3 is 17.6 Å². The highest BCUT2D eigenvalue weighted by molar-refractivity contribution is 9.10. The Morgan fingerprint density at radius 3 is 2.71 bits per heavy atom. The van der Waals surface area contributed by atoms with E-state index < -0.39 is 16.9 Å². The van der Waals surface area contributed by atoms with E-state index in [1.165, 1.54) is 4.68 Å². The average molecular weight is 601 g/mol. The second-order valence-corrected chi connectivity index (χ2v) is 8.63. The van der Waals surface area contributed by atoms with Gasteiger partial charge < -0.3 is 30.0 Å². The highest BCUT2D eigenvalue weighted by atomic mass is 79.9. The van der Waals surface area contributed by atoms with E-state index in [-0.39, 0.29) is 47.5 Å². The largest absolute Gasteiger partial charge is 0.481 e. The lowest BCUT2D eigenvalue weighted by atomic mass is 10.3. The molecule has 0 radical (unpaired) electrons. The zero-order valence-corrected chi connectivity index (χ0v) is 21.1. The van der Waals surface area contributed by atoms with Crippen molar-refractivity contribution in [2.75, 3.05) is 13.1 Å². The van der Waals surface area contributed by atoms with E-state index in [0.717, 1.165) is 4.47 Å². The number of benzene rings is 1. The van der Waals surface area contributed by atoms with Crippen molar-refractivity contribution < 1.29 is 23.8 Å². The minimum Gasteiger partial charge on any atom is -0.481 e. The molecule has 2 amide bonds. The summed E-state index contributed by atoms with van der Waals surface area (Å²) in [5.41, 5.74) is 0.497. The summed E-state index contributed by atoms with van der Waals surface area (Å²) >= 11 is 6.46. The van der Waals surface area contributed by atoms with Crippen molar-refractivity contribution >= 4 is 49.5 Å². The number of ether oxygens (including phenoxy) is 1. The molecule has 3 rings (SSSR count). The number of hydrogen-bond donors (Lipinski definition) is 2. The SMILES string of the molecule is Cc1c(Br)c([N+](=O)[O-])nn1Cc1noc(C(=O)NCCNC(=O)C(C)Oc2cccc(Br)c2)n1. The Hall–Kier alpha value is -3.33. The molecule has 1 atom stereocenters. The molecule has 0 aliphatic carbocycles. The third-order valence-electron chi connectivity index (χ3n) is 4.43. The zero-order chi connectivity index (χ0) is 24.8. The molecule has 3 aromatic rings. The Morgan fingerprint density at radius 1 is 1.29 bits per heavy atom. The summed E-state index contributed by atoms with van der Waals surface area (Å²) in [6.07, 6.45) is -0.731. The summed E-state index contributed by atoms with van der Waals surface area (Å²) in [6.45, 7) is 3.49. The van der Waals surface area contributed by atoms with Gasteiger partial charge in [0.15, 0.2) is 11.9 Å². The number of nitrogens with one attached hydrogen (secondary N) is 2. The van der Waals surface area contributed by atoms with Crippen molar-refractivity contribution in [2.45, 2.75) is 26.5 Å². The van der Waals surface area contributed by atoms with Crippen LogP contribution in [-0.4, -0.2) is 55.9 Å². The molecule has 0 saturated heterocycles. The molecule has 0 spiro atoms. The van der Waals surface area contributed by atoms with E-state index in [0.29, 0.717) is 11.4 Å². The van der Waals surface area contributed by atoms with Gasteiger partial charge in [0, 0.05) is 17.6 Å². The topological polar surface area (TPSA) is 167 Å². The van der Waals surface area contributed by atoms with Crippen LogP contribution in [0.2, 0.25) is 0 Å². The third-order valence-corrected chi connectivity index (χ3v) is 5.85. The molecule has 0 aliphatic rings. The van der Waals surface area contributed by atoms with Crippen LogP contribution in [0.15, 0.2) is 37.7 Å². The van der Waals surface area contributed by atoms with Gasteiger partial charge in [-0.2, -0.15) is 9.67 Å². The number of carbonyl (C=O) groups excluding carboxylic acids is 2. The predicted molar refractivity (Wildman–Crippen MR) is 124 cm³/mol. The molecular formula is C19H19Br2N7O6. The van der Waals surface area contributed by atoms with Crippen LogP contribution in [0.3, 0.4) is 0 Å².